The summed E-state index contributed by atoms with van der Waals surface area (Å²) in [7, 11) is 0. The number of nitrogens with zero attached hydrogens (tertiary/aromatic N) is 1. The van der Waals surface area contributed by atoms with Crippen LogP contribution in [-0.4, -0.2) is 27.6 Å². The van der Waals surface area contributed by atoms with Gasteiger partial charge in [-0.05, 0) is 18.9 Å². The summed E-state index contributed by atoms with van der Waals surface area (Å²) >= 11 is 0. The van der Waals surface area contributed by atoms with Crippen molar-refractivity contribution < 1.29 is 14.7 Å². The van der Waals surface area contributed by atoms with Gasteiger partial charge in [-0.15, -0.1) is 0 Å². The largest absolute Gasteiger partial charge is 0.465 e. The molecule has 1 aromatic heterocycles. The molecule has 1 aromatic rings. The number of hydrogen-bond acceptors (Lipinski definition) is 4. The van der Waals surface area contributed by atoms with Gasteiger partial charge in [0.25, 0.3) is 0 Å². The van der Waals surface area contributed by atoms with Crippen LogP contribution in [0.2, 0.25) is 0 Å². The fourth-order valence-electron chi connectivity index (χ4n) is 1.50. The molecule has 90 valence electrons. The summed E-state index contributed by atoms with van der Waals surface area (Å²) in [6, 6.07) is 1.56. The number of amides is 2. The number of carbonyl (C=O) groups is 2. The summed E-state index contributed by atoms with van der Waals surface area (Å²) in [5, 5.41) is 13.4. The van der Waals surface area contributed by atoms with Crippen molar-refractivity contribution in [2.75, 3.05) is 11.1 Å². The van der Waals surface area contributed by atoms with Crippen LogP contribution in [-0.2, 0) is 4.79 Å². The van der Waals surface area contributed by atoms with Gasteiger partial charge in [0.2, 0.25) is 5.91 Å². The molecule has 0 atom stereocenters. The fourth-order valence-corrected chi connectivity index (χ4v) is 1.50. The third-order valence-electron chi connectivity index (χ3n) is 2.63. The van der Waals surface area contributed by atoms with E-state index in [0.717, 1.165) is 0 Å². The lowest BCUT2D eigenvalue weighted by atomic mass is 10.2. The van der Waals surface area contributed by atoms with Crippen LogP contribution in [0, 0.1) is 0 Å². The molecule has 1 aliphatic carbocycles. The summed E-state index contributed by atoms with van der Waals surface area (Å²) < 4.78 is 0. The molecule has 0 aliphatic heterocycles. The molecule has 2 amide bonds. The maximum absolute atomic E-state index is 11.9. The molecule has 7 heteroatoms. The van der Waals surface area contributed by atoms with Crippen LogP contribution in [0.4, 0.5) is 16.2 Å². The highest BCUT2D eigenvalue weighted by Gasteiger charge is 2.51. The number of pyridine rings is 1. The number of rotatable bonds is 3. The Hall–Kier alpha value is -2.31. The molecule has 0 aromatic carbocycles. The average Bonchev–Trinajstić information content (AvgIpc) is 3.01. The minimum Gasteiger partial charge on any atom is -0.465 e. The molecule has 2 rings (SSSR count). The smallest absolute Gasteiger partial charge is 0.405 e. The molecular weight excluding hydrogens is 224 g/mol. The molecule has 1 aliphatic rings. The van der Waals surface area contributed by atoms with Crippen molar-refractivity contribution in [3.8, 4) is 0 Å². The van der Waals surface area contributed by atoms with E-state index in [1.807, 2.05) is 0 Å². The average molecular weight is 236 g/mol. The molecule has 1 fully saturated rings. The van der Waals surface area contributed by atoms with Gasteiger partial charge >= 0.3 is 6.09 Å². The molecule has 17 heavy (non-hydrogen) atoms. The number of hydrogen-bond donors (Lipinski definition) is 4. The van der Waals surface area contributed by atoms with Crippen LogP contribution < -0.4 is 16.4 Å². The van der Waals surface area contributed by atoms with E-state index in [0.29, 0.717) is 24.2 Å². The quantitative estimate of drug-likeness (QED) is 0.606. The lowest BCUT2D eigenvalue weighted by molar-refractivity contribution is -0.119. The third-order valence-corrected chi connectivity index (χ3v) is 2.63. The summed E-state index contributed by atoms with van der Waals surface area (Å²) in [5.41, 5.74) is 5.39. The van der Waals surface area contributed by atoms with Crippen molar-refractivity contribution in [2.45, 2.75) is 18.4 Å². The van der Waals surface area contributed by atoms with Crippen LogP contribution in [0.3, 0.4) is 0 Å². The number of nitrogens with two attached hydrogens (primary N) is 1. The minimum atomic E-state index is -1.21. The Kier molecular flexibility index (Phi) is 2.58. The van der Waals surface area contributed by atoms with Gasteiger partial charge in [-0.3, -0.25) is 9.78 Å². The van der Waals surface area contributed by atoms with Gasteiger partial charge in [-0.1, -0.05) is 0 Å². The van der Waals surface area contributed by atoms with E-state index in [1.54, 1.807) is 6.07 Å². The van der Waals surface area contributed by atoms with Crippen molar-refractivity contribution in [3.63, 3.8) is 0 Å². The SMILES string of the molecule is Nc1cnccc1NC(=O)C1(NC(=O)O)CC1. The molecule has 1 saturated carbocycles. The number of carboxylic acid groups (broad SMARTS) is 1. The van der Waals surface area contributed by atoms with E-state index < -0.39 is 17.5 Å². The van der Waals surface area contributed by atoms with Gasteiger partial charge in [-0.25, -0.2) is 4.79 Å². The first-order valence-corrected chi connectivity index (χ1v) is 5.05. The van der Waals surface area contributed by atoms with Crippen LogP contribution in [0.5, 0.6) is 0 Å². The Labute approximate surface area is 97.0 Å². The van der Waals surface area contributed by atoms with Crippen LogP contribution >= 0.6 is 0 Å². The van der Waals surface area contributed by atoms with Crippen LogP contribution in [0.15, 0.2) is 18.5 Å². The Morgan fingerprint density at radius 2 is 2.18 bits per heavy atom. The number of nitrogen functional groups attached to an aromatic ring is 1. The normalized spacial score (nSPS) is 16.0. The molecule has 0 bridgehead atoms. The Bertz CT molecular complexity index is 470. The highest BCUT2D eigenvalue weighted by molar-refractivity contribution is 6.03. The van der Waals surface area contributed by atoms with Crippen LogP contribution in [0.1, 0.15) is 12.8 Å². The number of carbonyl (C=O) groups excluding carboxylic acids is 1. The second kappa shape index (κ2) is 3.93. The lowest BCUT2D eigenvalue weighted by Gasteiger charge is -2.15. The minimum absolute atomic E-state index is 0.340. The summed E-state index contributed by atoms with van der Waals surface area (Å²) in [6.45, 7) is 0. The van der Waals surface area contributed by atoms with E-state index in [9.17, 15) is 9.59 Å². The van der Waals surface area contributed by atoms with Crippen molar-refractivity contribution in [3.05, 3.63) is 18.5 Å². The Morgan fingerprint density at radius 3 is 2.71 bits per heavy atom. The molecule has 0 saturated heterocycles. The van der Waals surface area contributed by atoms with Gasteiger partial charge in [-0.2, -0.15) is 0 Å². The van der Waals surface area contributed by atoms with Crippen LogP contribution in [0.25, 0.3) is 0 Å². The van der Waals surface area contributed by atoms with Gasteiger partial charge in [0.05, 0.1) is 17.6 Å². The van der Waals surface area contributed by atoms with E-state index in [1.165, 1.54) is 12.4 Å². The summed E-state index contributed by atoms with van der Waals surface area (Å²) in [6.07, 6.45) is 2.70. The van der Waals surface area contributed by atoms with E-state index in [2.05, 4.69) is 15.6 Å². The first kappa shape index (κ1) is 11.2. The van der Waals surface area contributed by atoms with Crippen molar-refractivity contribution in [1.82, 2.24) is 10.3 Å². The molecular formula is C10H12N4O3. The second-order valence-corrected chi connectivity index (χ2v) is 3.93. The Balaban J connectivity index is 2.08. The first-order valence-electron chi connectivity index (χ1n) is 5.05. The van der Waals surface area contributed by atoms with Crippen molar-refractivity contribution >= 4 is 23.4 Å². The lowest BCUT2D eigenvalue weighted by Crippen LogP contribution is -2.45. The summed E-state index contributed by atoms with van der Waals surface area (Å²) in [4.78, 5) is 26.2. The van der Waals surface area contributed by atoms with Gasteiger partial charge in [0.1, 0.15) is 5.54 Å². The van der Waals surface area contributed by atoms with E-state index >= 15 is 0 Å². The molecule has 0 unspecified atom stereocenters. The number of anilines is 2. The van der Waals surface area contributed by atoms with Gasteiger partial charge in [0.15, 0.2) is 0 Å². The fraction of sp³-hybridized carbons (Fsp3) is 0.300. The monoisotopic (exact) mass is 236 g/mol. The number of aromatic nitrogens is 1. The van der Waals surface area contributed by atoms with E-state index in [-0.39, 0.29) is 0 Å². The van der Waals surface area contributed by atoms with E-state index in [4.69, 9.17) is 10.8 Å². The maximum Gasteiger partial charge on any atom is 0.405 e. The maximum atomic E-state index is 11.9. The Morgan fingerprint density at radius 1 is 1.47 bits per heavy atom. The molecule has 1 heterocycles. The predicted octanol–water partition coefficient (Wildman–Crippen LogP) is 0.402. The van der Waals surface area contributed by atoms with Crippen molar-refractivity contribution in [1.29, 1.82) is 0 Å². The zero-order valence-corrected chi connectivity index (χ0v) is 8.93. The molecule has 0 spiro atoms. The molecule has 0 radical (unpaired) electrons. The van der Waals surface area contributed by atoms with Gasteiger partial charge < -0.3 is 21.5 Å². The standard InChI is InChI=1S/C10H12N4O3/c11-6-5-12-4-1-7(6)13-8(15)10(2-3-10)14-9(16)17/h1,4-5,14H,2-3,11H2,(H,16,17)(H,12,13,15). The zero-order valence-electron chi connectivity index (χ0n) is 8.93. The molecule has 5 N–H and O–H groups in total. The zero-order chi connectivity index (χ0) is 12.5. The first-order chi connectivity index (χ1) is 8.03. The van der Waals surface area contributed by atoms with Crippen molar-refractivity contribution in [2.24, 2.45) is 0 Å². The third kappa shape index (κ3) is 2.27. The highest BCUT2D eigenvalue weighted by Crippen LogP contribution is 2.36. The topological polar surface area (TPSA) is 117 Å². The number of nitrogens with one attached hydrogen (secondary N) is 2. The summed E-state index contributed by atoms with van der Waals surface area (Å²) in [5.74, 6) is -0.391. The van der Waals surface area contributed by atoms with Gasteiger partial charge in [0, 0.05) is 6.20 Å². The second-order valence-electron chi connectivity index (χ2n) is 3.93. The predicted molar refractivity (Wildman–Crippen MR) is 60.4 cm³/mol. The molecule has 7 nitrogen and oxygen atoms in total. The highest BCUT2D eigenvalue weighted by atomic mass is 16.4.